The summed E-state index contributed by atoms with van der Waals surface area (Å²) < 4.78 is 0. The highest BCUT2D eigenvalue weighted by atomic mass is 35.5. The molecule has 0 spiro atoms. The van der Waals surface area contributed by atoms with E-state index in [0.717, 1.165) is 18.2 Å². The molecule has 0 radical (unpaired) electrons. The summed E-state index contributed by atoms with van der Waals surface area (Å²) in [6.45, 7) is 0. The summed E-state index contributed by atoms with van der Waals surface area (Å²) in [5.41, 5.74) is 1.44. The molecule has 0 saturated heterocycles. The molecule has 1 aromatic carbocycles. The average molecular weight is 223 g/mol. The molecule has 15 heavy (non-hydrogen) atoms. The molecule has 1 unspecified atom stereocenters. The molecular formula is C14H19Cl. The van der Waals surface area contributed by atoms with E-state index in [4.69, 9.17) is 11.6 Å². The minimum atomic E-state index is 0.691. The maximum Gasteiger partial charge on any atom is 0.0257 e. The number of hydrogen-bond donors (Lipinski definition) is 0. The van der Waals surface area contributed by atoms with Crippen molar-refractivity contribution in [1.29, 1.82) is 0 Å². The minimum absolute atomic E-state index is 0.691. The predicted octanol–water partition coefficient (Wildman–Crippen LogP) is 4.27. The van der Waals surface area contributed by atoms with Crippen molar-refractivity contribution in [3.05, 3.63) is 35.9 Å². The van der Waals surface area contributed by atoms with Crippen molar-refractivity contribution >= 4 is 11.6 Å². The second-order valence-corrected chi connectivity index (χ2v) is 4.96. The largest absolute Gasteiger partial charge is 0.126 e. The van der Waals surface area contributed by atoms with Gasteiger partial charge in [0.2, 0.25) is 0 Å². The Bertz CT molecular complexity index is 275. The molecule has 1 atom stereocenters. The van der Waals surface area contributed by atoms with Crippen LogP contribution in [-0.4, -0.2) is 5.88 Å². The molecule has 1 aromatic rings. The summed E-state index contributed by atoms with van der Waals surface area (Å²) in [6, 6.07) is 10.8. The van der Waals surface area contributed by atoms with Crippen molar-refractivity contribution in [3.63, 3.8) is 0 Å². The highest BCUT2D eigenvalue weighted by Gasteiger charge is 2.24. The van der Waals surface area contributed by atoms with Crippen LogP contribution in [0.5, 0.6) is 0 Å². The van der Waals surface area contributed by atoms with Crippen molar-refractivity contribution in [1.82, 2.24) is 0 Å². The van der Waals surface area contributed by atoms with E-state index in [9.17, 15) is 0 Å². The number of hydrogen-bond acceptors (Lipinski definition) is 0. The second kappa shape index (κ2) is 5.55. The van der Waals surface area contributed by atoms with Gasteiger partial charge in [-0.25, -0.2) is 0 Å². The minimum Gasteiger partial charge on any atom is -0.126 e. The maximum atomic E-state index is 6.10. The van der Waals surface area contributed by atoms with Crippen LogP contribution in [0, 0.1) is 11.8 Å². The van der Waals surface area contributed by atoms with Gasteiger partial charge in [0.15, 0.2) is 0 Å². The van der Waals surface area contributed by atoms with Crippen LogP contribution in [0.1, 0.15) is 31.2 Å². The number of halogens is 1. The van der Waals surface area contributed by atoms with Gasteiger partial charge in [-0.15, -0.1) is 11.6 Å². The van der Waals surface area contributed by atoms with Gasteiger partial charge in [-0.05, 0) is 23.8 Å². The Morgan fingerprint density at radius 1 is 1.13 bits per heavy atom. The van der Waals surface area contributed by atoms with Crippen molar-refractivity contribution in [2.24, 2.45) is 11.8 Å². The van der Waals surface area contributed by atoms with Crippen LogP contribution in [0.3, 0.4) is 0 Å². The third kappa shape index (κ3) is 2.98. The Labute approximate surface area is 97.6 Å². The highest BCUT2D eigenvalue weighted by molar-refractivity contribution is 6.18. The normalized spacial score (nSPS) is 19.3. The first-order chi connectivity index (χ1) is 7.40. The molecule has 0 aliphatic heterocycles. The summed E-state index contributed by atoms with van der Waals surface area (Å²) in [6.07, 6.45) is 6.77. The Kier molecular flexibility index (Phi) is 4.08. The van der Waals surface area contributed by atoms with Gasteiger partial charge < -0.3 is 0 Å². The number of alkyl halides is 1. The molecule has 0 aromatic heterocycles. The molecule has 1 aliphatic carbocycles. The first kappa shape index (κ1) is 11.0. The summed E-state index contributed by atoms with van der Waals surface area (Å²) in [4.78, 5) is 0. The lowest BCUT2D eigenvalue weighted by Crippen LogP contribution is -2.16. The van der Waals surface area contributed by atoms with Crippen LogP contribution < -0.4 is 0 Å². The molecule has 0 nitrogen and oxygen atoms in total. The monoisotopic (exact) mass is 222 g/mol. The van der Waals surface area contributed by atoms with Crippen molar-refractivity contribution < 1.29 is 0 Å². The first-order valence-electron chi connectivity index (χ1n) is 6.00. The van der Waals surface area contributed by atoms with Crippen molar-refractivity contribution in [2.75, 3.05) is 5.88 Å². The van der Waals surface area contributed by atoms with Gasteiger partial charge in [-0.1, -0.05) is 56.0 Å². The standard InChI is InChI=1S/C14H19Cl/c15-11-14(13-8-4-5-9-13)10-12-6-2-1-3-7-12/h1-3,6-7,13-14H,4-5,8-11H2. The molecule has 1 saturated carbocycles. The van der Waals surface area contributed by atoms with E-state index < -0.39 is 0 Å². The van der Waals surface area contributed by atoms with E-state index in [1.165, 1.54) is 31.2 Å². The average Bonchev–Trinajstić information content (AvgIpc) is 2.81. The Balaban J connectivity index is 1.96. The zero-order valence-electron chi connectivity index (χ0n) is 9.16. The SMILES string of the molecule is ClCC(Cc1ccccc1)C1CCCC1. The lowest BCUT2D eigenvalue weighted by molar-refractivity contribution is 0.369. The summed E-state index contributed by atoms with van der Waals surface area (Å²) in [5.74, 6) is 2.39. The fraction of sp³-hybridized carbons (Fsp3) is 0.571. The zero-order valence-corrected chi connectivity index (χ0v) is 9.92. The lowest BCUT2D eigenvalue weighted by atomic mass is 9.87. The summed E-state index contributed by atoms with van der Waals surface area (Å²) >= 11 is 6.10. The third-order valence-corrected chi connectivity index (χ3v) is 4.00. The molecule has 2 rings (SSSR count). The molecule has 0 bridgehead atoms. The third-order valence-electron chi connectivity index (χ3n) is 3.61. The van der Waals surface area contributed by atoms with E-state index in [1.54, 1.807) is 0 Å². The van der Waals surface area contributed by atoms with Crippen LogP contribution >= 0.6 is 11.6 Å². The van der Waals surface area contributed by atoms with Gasteiger partial charge in [0, 0.05) is 5.88 Å². The first-order valence-corrected chi connectivity index (χ1v) is 6.53. The van der Waals surface area contributed by atoms with E-state index in [0.29, 0.717) is 5.92 Å². The fourth-order valence-electron chi connectivity index (χ4n) is 2.69. The molecule has 0 N–H and O–H groups in total. The molecule has 1 aliphatic rings. The van der Waals surface area contributed by atoms with Crippen LogP contribution in [-0.2, 0) is 6.42 Å². The molecule has 0 heterocycles. The Morgan fingerprint density at radius 2 is 1.80 bits per heavy atom. The van der Waals surface area contributed by atoms with Crippen molar-refractivity contribution in [2.45, 2.75) is 32.1 Å². The van der Waals surface area contributed by atoms with Gasteiger partial charge >= 0.3 is 0 Å². The van der Waals surface area contributed by atoms with Gasteiger partial charge in [-0.2, -0.15) is 0 Å². The van der Waals surface area contributed by atoms with Crippen LogP contribution in [0.4, 0.5) is 0 Å². The van der Waals surface area contributed by atoms with E-state index in [1.807, 2.05) is 0 Å². The van der Waals surface area contributed by atoms with Gasteiger partial charge in [0.25, 0.3) is 0 Å². The van der Waals surface area contributed by atoms with E-state index in [-0.39, 0.29) is 0 Å². The highest BCUT2D eigenvalue weighted by Crippen LogP contribution is 2.33. The van der Waals surface area contributed by atoms with Crippen molar-refractivity contribution in [3.8, 4) is 0 Å². The number of rotatable bonds is 4. The molecule has 1 fully saturated rings. The Morgan fingerprint density at radius 3 is 2.40 bits per heavy atom. The quantitative estimate of drug-likeness (QED) is 0.668. The van der Waals surface area contributed by atoms with E-state index >= 15 is 0 Å². The van der Waals surface area contributed by atoms with Gasteiger partial charge in [0.05, 0.1) is 0 Å². The molecule has 82 valence electrons. The number of benzene rings is 1. The summed E-state index contributed by atoms with van der Waals surface area (Å²) in [7, 11) is 0. The van der Waals surface area contributed by atoms with Gasteiger partial charge in [-0.3, -0.25) is 0 Å². The van der Waals surface area contributed by atoms with Crippen LogP contribution in [0.15, 0.2) is 30.3 Å². The zero-order chi connectivity index (χ0) is 10.5. The lowest BCUT2D eigenvalue weighted by Gasteiger charge is -2.20. The van der Waals surface area contributed by atoms with Gasteiger partial charge in [0.1, 0.15) is 0 Å². The van der Waals surface area contributed by atoms with Crippen LogP contribution in [0.25, 0.3) is 0 Å². The molecule has 0 amide bonds. The van der Waals surface area contributed by atoms with E-state index in [2.05, 4.69) is 30.3 Å². The topological polar surface area (TPSA) is 0 Å². The smallest absolute Gasteiger partial charge is 0.0257 e. The molecule has 1 heteroatoms. The molecular weight excluding hydrogens is 204 g/mol. The predicted molar refractivity (Wildman–Crippen MR) is 66.3 cm³/mol. The van der Waals surface area contributed by atoms with Crippen LogP contribution in [0.2, 0.25) is 0 Å². The maximum absolute atomic E-state index is 6.10. The summed E-state index contributed by atoms with van der Waals surface area (Å²) in [5, 5.41) is 0. The Hall–Kier alpha value is -0.490. The fourth-order valence-corrected chi connectivity index (χ4v) is 3.05. The second-order valence-electron chi connectivity index (χ2n) is 4.65.